The maximum Gasteiger partial charge on any atom is 0.0697 e. The second-order valence-corrected chi connectivity index (χ2v) is 7.43. The molecule has 1 aromatic carbocycles. The summed E-state index contributed by atoms with van der Waals surface area (Å²) in [5, 5.41) is 0. The molecule has 0 saturated heterocycles. The van der Waals surface area contributed by atoms with E-state index in [9.17, 15) is 0 Å². The van der Waals surface area contributed by atoms with Gasteiger partial charge in [0.05, 0.1) is 51.4 Å². The van der Waals surface area contributed by atoms with Gasteiger partial charge in [-0.1, -0.05) is 6.07 Å². The van der Waals surface area contributed by atoms with Crippen molar-refractivity contribution in [3.63, 3.8) is 0 Å². The Morgan fingerprint density at radius 2 is 1.75 bits per heavy atom. The Balaban J connectivity index is 3.27. The van der Waals surface area contributed by atoms with Crippen LogP contribution in [-0.2, 0) is 0 Å². The number of benzene rings is 1. The molecule has 1 aromatic rings. The number of aryl methyl sites for hydroxylation is 1. The van der Waals surface area contributed by atoms with Gasteiger partial charge in [-0.3, -0.25) is 1.33 Å². The maximum atomic E-state index is 2.39. The van der Waals surface area contributed by atoms with Crippen LogP contribution in [0.2, 0.25) is 0 Å². The summed E-state index contributed by atoms with van der Waals surface area (Å²) in [5.74, 6) is 0. The smallest absolute Gasteiger partial charge is 0.0697 e. The van der Waals surface area contributed by atoms with Gasteiger partial charge in [0.2, 0.25) is 0 Å². The molecule has 0 saturated carbocycles. The van der Waals surface area contributed by atoms with E-state index in [1.807, 2.05) is 0 Å². The van der Waals surface area contributed by atoms with E-state index in [4.69, 9.17) is 0 Å². The molecule has 0 atom stereocenters. The fourth-order valence-electron chi connectivity index (χ4n) is 0.993. The van der Waals surface area contributed by atoms with Crippen molar-refractivity contribution in [2.45, 2.75) is 13.8 Å². The molecule has 0 aliphatic rings. The molecule has 0 amide bonds. The van der Waals surface area contributed by atoms with Crippen molar-refractivity contribution in [2.24, 2.45) is 0 Å². The lowest BCUT2D eigenvalue weighted by Gasteiger charge is -2.13. The first-order valence-electron chi connectivity index (χ1n) is 3.41. The topological polar surface area (TPSA) is 3.24 Å². The van der Waals surface area contributed by atoms with E-state index in [-0.39, 0.29) is 0 Å². The van der Waals surface area contributed by atoms with Gasteiger partial charge in [0.1, 0.15) is 0 Å². The average molecular weight is 499 g/mol. The lowest BCUT2D eigenvalue weighted by atomic mass is 10.1. The minimum absolute atomic E-state index is 1.28. The number of hydrogen-bond acceptors (Lipinski definition) is 1. The van der Waals surface area contributed by atoms with Crippen LogP contribution in [0.3, 0.4) is 0 Å². The van der Waals surface area contributed by atoms with E-state index >= 15 is 0 Å². The number of nitrogens with zero attached hydrogens (tertiary/aromatic N) is 1. The molecule has 0 bridgehead atoms. The molecule has 0 fully saturated rings. The zero-order chi connectivity index (χ0) is 9.30. The summed E-state index contributed by atoms with van der Waals surface area (Å²) in [4.78, 5) is 0. The quantitative estimate of drug-likeness (QED) is 0.409. The standard InChI is InChI=1S/C8H8I3N/c1-5-3-4-7(12(10)11)6(2)8(5)9/h3-4H,1-2H3. The van der Waals surface area contributed by atoms with Gasteiger partial charge in [-0.2, -0.15) is 0 Å². The van der Waals surface area contributed by atoms with E-state index in [1.165, 1.54) is 20.4 Å². The Morgan fingerprint density at radius 1 is 1.17 bits per heavy atom. The van der Waals surface area contributed by atoms with E-state index in [2.05, 4.69) is 95.6 Å². The Kier molecular flexibility index (Phi) is 4.35. The van der Waals surface area contributed by atoms with Crippen molar-refractivity contribution in [2.75, 3.05) is 1.33 Å². The zero-order valence-electron chi connectivity index (χ0n) is 6.74. The van der Waals surface area contributed by atoms with Crippen LogP contribution < -0.4 is 1.33 Å². The van der Waals surface area contributed by atoms with Gasteiger partial charge in [0, 0.05) is 3.57 Å². The van der Waals surface area contributed by atoms with Crippen LogP contribution in [0.25, 0.3) is 0 Å². The molecule has 4 heteroatoms. The van der Waals surface area contributed by atoms with Crippen LogP contribution in [0.15, 0.2) is 12.1 Å². The highest BCUT2D eigenvalue weighted by Gasteiger charge is 2.07. The predicted octanol–water partition coefficient (Wildman–Crippen LogP) is 4.41. The van der Waals surface area contributed by atoms with E-state index < -0.39 is 0 Å². The molecule has 0 aliphatic heterocycles. The highest BCUT2D eigenvalue weighted by atomic mass is 127. The fourth-order valence-corrected chi connectivity index (χ4v) is 2.49. The van der Waals surface area contributed by atoms with Crippen molar-refractivity contribution in [3.8, 4) is 0 Å². The van der Waals surface area contributed by atoms with E-state index in [0.29, 0.717) is 0 Å². The van der Waals surface area contributed by atoms with Gasteiger partial charge in [-0.25, -0.2) is 0 Å². The molecule has 66 valence electrons. The van der Waals surface area contributed by atoms with Gasteiger partial charge >= 0.3 is 0 Å². The lowest BCUT2D eigenvalue weighted by molar-refractivity contribution is 1.34. The third kappa shape index (κ3) is 2.37. The summed E-state index contributed by atoms with van der Waals surface area (Å²) >= 11 is 6.95. The largest absolute Gasteiger partial charge is 0.255 e. The molecule has 1 rings (SSSR count). The predicted molar refractivity (Wildman–Crippen MR) is 79.2 cm³/mol. The molecule has 0 radical (unpaired) electrons. The SMILES string of the molecule is Cc1ccc(N(I)I)c(C)c1I. The minimum Gasteiger partial charge on any atom is -0.255 e. The van der Waals surface area contributed by atoms with Crippen LogP contribution in [0.1, 0.15) is 11.1 Å². The monoisotopic (exact) mass is 499 g/mol. The summed E-state index contributed by atoms with van der Waals surface area (Å²) in [6, 6.07) is 4.32. The minimum atomic E-state index is 1.28. The van der Waals surface area contributed by atoms with Crippen molar-refractivity contribution >= 4 is 74.0 Å². The molecule has 1 nitrogen and oxygen atoms in total. The van der Waals surface area contributed by atoms with Crippen molar-refractivity contribution in [1.82, 2.24) is 0 Å². The number of halogens is 3. The zero-order valence-corrected chi connectivity index (χ0v) is 13.2. The van der Waals surface area contributed by atoms with Crippen LogP contribution in [0.4, 0.5) is 5.69 Å². The summed E-state index contributed by atoms with van der Waals surface area (Å²) in [6.07, 6.45) is 0. The molecule has 0 aliphatic carbocycles. The van der Waals surface area contributed by atoms with Gasteiger partial charge in [-0.15, -0.1) is 0 Å². The molecule has 0 heterocycles. The van der Waals surface area contributed by atoms with Gasteiger partial charge in [-0.05, 0) is 53.6 Å². The van der Waals surface area contributed by atoms with Gasteiger partial charge < -0.3 is 0 Å². The molecule has 12 heavy (non-hydrogen) atoms. The van der Waals surface area contributed by atoms with Crippen LogP contribution in [0, 0.1) is 17.4 Å². The maximum absolute atomic E-state index is 2.39. The van der Waals surface area contributed by atoms with Crippen molar-refractivity contribution < 1.29 is 0 Å². The number of rotatable bonds is 1. The third-order valence-electron chi connectivity index (χ3n) is 1.73. The molecule has 0 unspecified atom stereocenters. The van der Waals surface area contributed by atoms with Gasteiger partial charge in [0.25, 0.3) is 0 Å². The third-order valence-corrected chi connectivity index (χ3v) is 4.43. The molecular weight excluding hydrogens is 491 g/mol. The highest BCUT2D eigenvalue weighted by molar-refractivity contribution is 14.2. The van der Waals surface area contributed by atoms with Gasteiger partial charge in [0.15, 0.2) is 0 Å². The van der Waals surface area contributed by atoms with Crippen molar-refractivity contribution in [3.05, 3.63) is 26.8 Å². The second-order valence-electron chi connectivity index (χ2n) is 2.57. The van der Waals surface area contributed by atoms with E-state index in [1.54, 1.807) is 0 Å². The summed E-state index contributed by atoms with van der Waals surface area (Å²) in [6.45, 7) is 4.30. The first-order chi connectivity index (χ1) is 5.54. The molecular formula is C8H8I3N. The van der Waals surface area contributed by atoms with E-state index in [0.717, 1.165) is 0 Å². The first kappa shape index (κ1) is 11.3. The lowest BCUT2D eigenvalue weighted by Crippen LogP contribution is -1.96. The average Bonchev–Trinajstić information content (AvgIpc) is 2.00. The molecule has 0 N–H and O–H groups in total. The fraction of sp³-hybridized carbons (Fsp3) is 0.250. The van der Waals surface area contributed by atoms with Crippen LogP contribution in [0.5, 0.6) is 0 Å². The Bertz CT molecular complexity index is 297. The Labute approximate surface area is 114 Å². The van der Waals surface area contributed by atoms with Crippen LogP contribution in [-0.4, -0.2) is 0 Å². The number of hydrogen-bond donors (Lipinski definition) is 0. The first-order valence-corrected chi connectivity index (χ1v) is 6.42. The van der Waals surface area contributed by atoms with Crippen molar-refractivity contribution in [1.29, 1.82) is 0 Å². The molecule has 0 aromatic heterocycles. The second kappa shape index (κ2) is 4.63. The Hall–Kier alpha value is 1.21. The number of anilines is 1. The summed E-state index contributed by atoms with van der Waals surface area (Å²) < 4.78 is 3.45. The highest BCUT2D eigenvalue weighted by Crippen LogP contribution is 2.31. The summed E-state index contributed by atoms with van der Waals surface area (Å²) in [7, 11) is 0. The normalized spacial score (nSPS) is 10.1. The van der Waals surface area contributed by atoms with Crippen LogP contribution >= 0.6 is 68.3 Å². The summed E-state index contributed by atoms with van der Waals surface area (Å²) in [5.41, 5.74) is 4.00. The Morgan fingerprint density at radius 3 is 2.25 bits per heavy atom. The molecule has 0 spiro atoms.